The van der Waals surface area contributed by atoms with Gasteiger partial charge in [0.25, 0.3) is 5.56 Å². The van der Waals surface area contributed by atoms with Crippen LogP contribution in [0, 0.1) is 6.92 Å². The molecule has 2 aromatic heterocycles. The Balaban J connectivity index is 2.89. The minimum absolute atomic E-state index is 0.362. The van der Waals surface area contributed by atoms with E-state index in [1.54, 1.807) is 6.92 Å². The van der Waals surface area contributed by atoms with E-state index >= 15 is 0 Å². The largest absolute Gasteiger partial charge is 0.336 e. The van der Waals surface area contributed by atoms with Crippen molar-refractivity contribution >= 4 is 11.2 Å². The highest BCUT2D eigenvalue weighted by Crippen LogP contribution is 2.03. The smallest absolute Gasteiger partial charge is 0.330 e. The molecule has 2 N–H and O–H groups in total. The first-order valence-corrected chi connectivity index (χ1v) is 4.83. The summed E-state index contributed by atoms with van der Waals surface area (Å²) in [6.07, 6.45) is 0.812. The number of H-pyrrole nitrogens is 2. The van der Waals surface area contributed by atoms with E-state index < -0.39 is 11.2 Å². The van der Waals surface area contributed by atoms with E-state index in [1.165, 1.54) is 4.57 Å². The molecule has 2 heterocycles. The van der Waals surface area contributed by atoms with E-state index in [1.807, 2.05) is 6.92 Å². The summed E-state index contributed by atoms with van der Waals surface area (Å²) in [7, 11) is 0. The second kappa shape index (κ2) is 3.38. The van der Waals surface area contributed by atoms with Crippen LogP contribution in [0.15, 0.2) is 9.59 Å². The molecule has 0 fully saturated rings. The summed E-state index contributed by atoms with van der Waals surface area (Å²) in [5.41, 5.74) is -0.0209. The third-order valence-electron chi connectivity index (χ3n) is 2.20. The van der Waals surface area contributed by atoms with Gasteiger partial charge in [-0.05, 0) is 13.3 Å². The monoisotopic (exact) mass is 208 g/mol. The van der Waals surface area contributed by atoms with E-state index in [-0.39, 0.29) is 0 Å². The maximum Gasteiger partial charge on any atom is 0.330 e. The summed E-state index contributed by atoms with van der Waals surface area (Å²) < 4.78 is 1.47. The Morgan fingerprint density at radius 3 is 2.73 bits per heavy atom. The molecule has 0 radical (unpaired) electrons. The minimum Gasteiger partial charge on any atom is -0.336 e. The van der Waals surface area contributed by atoms with Crippen molar-refractivity contribution in [1.29, 1.82) is 0 Å². The Morgan fingerprint density at radius 2 is 2.07 bits per heavy atom. The van der Waals surface area contributed by atoms with Crippen LogP contribution in [-0.4, -0.2) is 19.5 Å². The van der Waals surface area contributed by atoms with Crippen LogP contribution in [0.5, 0.6) is 0 Å². The Kier molecular flexibility index (Phi) is 2.18. The van der Waals surface area contributed by atoms with Crippen molar-refractivity contribution in [3.05, 3.63) is 26.7 Å². The topological polar surface area (TPSA) is 83.5 Å². The van der Waals surface area contributed by atoms with Crippen molar-refractivity contribution in [2.45, 2.75) is 26.8 Å². The average molecular weight is 208 g/mol. The first-order valence-electron chi connectivity index (χ1n) is 4.83. The Bertz CT molecular complexity index is 605. The van der Waals surface area contributed by atoms with Gasteiger partial charge in [-0.1, -0.05) is 6.92 Å². The number of aryl methyl sites for hydroxylation is 2. The highest BCUT2D eigenvalue weighted by molar-refractivity contribution is 5.69. The minimum atomic E-state index is -0.414. The molecule has 80 valence electrons. The van der Waals surface area contributed by atoms with E-state index in [0.717, 1.165) is 6.42 Å². The fourth-order valence-corrected chi connectivity index (χ4v) is 1.59. The van der Waals surface area contributed by atoms with Gasteiger partial charge in [0, 0.05) is 6.54 Å². The molecule has 6 heteroatoms. The maximum absolute atomic E-state index is 11.5. The number of nitrogens with one attached hydrogen (secondary N) is 2. The van der Waals surface area contributed by atoms with Crippen LogP contribution < -0.4 is 11.2 Å². The molecule has 0 aliphatic carbocycles. The molecular formula is C9H12N4O2. The van der Waals surface area contributed by atoms with E-state index in [2.05, 4.69) is 15.0 Å². The highest BCUT2D eigenvalue weighted by Gasteiger charge is 2.10. The van der Waals surface area contributed by atoms with Crippen molar-refractivity contribution in [2.24, 2.45) is 0 Å². The number of imidazole rings is 1. The first kappa shape index (κ1) is 9.70. The third kappa shape index (κ3) is 1.47. The number of rotatable bonds is 2. The molecule has 0 spiro atoms. The van der Waals surface area contributed by atoms with Crippen molar-refractivity contribution in [3.63, 3.8) is 0 Å². The summed E-state index contributed by atoms with van der Waals surface area (Å²) >= 11 is 0. The standard InChI is InChI=1S/C9H12N4O2/c1-3-4-13-7-6(10-5(2)11-7)8(14)12-9(13)15/h3-4H2,1-2H3,(H,10,11)(H,12,14,15). The molecule has 0 aliphatic heterocycles. The molecule has 2 aromatic rings. The van der Waals surface area contributed by atoms with Gasteiger partial charge >= 0.3 is 5.69 Å². The zero-order valence-corrected chi connectivity index (χ0v) is 8.63. The lowest BCUT2D eigenvalue weighted by molar-refractivity contribution is 0.652. The van der Waals surface area contributed by atoms with Crippen LogP contribution in [0.4, 0.5) is 0 Å². The lowest BCUT2D eigenvalue weighted by Gasteiger charge is -2.02. The molecule has 0 unspecified atom stereocenters. The second-order valence-electron chi connectivity index (χ2n) is 3.43. The summed E-state index contributed by atoms with van der Waals surface area (Å²) in [6, 6.07) is 0. The number of hydrogen-bond acceptors (Lipinski definition) is 3. The molecular weight excluding hydrogens is 196 g/mol. The fraction of sp³-hybridized carbons (Fsp3) is 0.444. The molecule has 0 saturated carbocycles. The number of nitrogens with zero attached hydrogens (tertiary/aromatic N) is 2. The van der Waals surface area contributed by atoms with Crippen molar-refractivity contribution < 1.29 is 0 Å². The van der Waals surface area contributed by atoms with Gasteiger partial charge in [0.05, 0.1) is 0 Å². The zero-order valence-electron chi connectivity index (χ0n) is 8.63. The molecule has 0 aromatic carbocycles. The normalized spacial score (nSPS) is 11.1. The van der Waals surface area contributed by atoms with Gasteiger partial charge in [0.2, 0.25) is 0 Å². The molecule has 6 nitrogen and oxygen atoms in total. The predicted octanol–water partition coefficient (Wildman–Crippen LogP) is 0.131. The van der Waals surface area contributed by atoms with Crippen LogP contribution in [0.1, 0.15) is 19.2 Å². The molecule has 0 bridgehead atoms. The number of hydrogen-bond donors (Lipinski definition) is 2. The number of aromatic nitrogens is 4. The highest BCUT2D eigenvalue weighted by atomic mass is 16.2. The molecule has 2 rings (SSSR count). The Morgan fingerprint density at radius 1 is 1.33 bits per heavy atom. The lowest BCUT2D eigenvalue weighted by atomic mass is 10.4. The second-order valence-corrected chi connectivity index (χ2v) is 3.43. The van der Waals surface area contributed by atoms with E-state index in [4.69, 9.17) is 0 Å². The summed E-state index contributed by atoms with van der Waals surface area (Å²) in [5, 5.41) is 0. The summed E-state index contributed by atoms with van der Waals surface area (Å²) in [5.74, 6) is 0.631. The fourth-order valence-electron chi connectivity index (χ4n) is 1.59. The lowest BCUT2D eigenvalue weighted by Crippen LogP contribution is -2.30. The van der Waals surface area contributed by atoms with Gasteiger partial charge in [-0.2, -0.15) is 0 Å². The SMILES string of the molecule is CCCn1c(=O)[nH]c(=O)c2[nH]c(C)nc21. The van der Waals surface area contributed by atoms with Crippen LogP contribution in [0.2, 0.25) is 0 Å². The number of aromatic amines is 2. The van der Waals surface area contributed by atoms with Gasteiger partial charge in [0.1, 0.15) is 11.3 Å². The van der Waals surface area contributed by atoms with Gasteiger partial charge in [-0.25, -0.2) is 9.78 Å². The molecule has 15 heavy (non-hydrogen) atoms. The molecule has 0 saturated heterocycles. The van der Waals surface area contributed by atoms with Gasteiger partial charge in [-0.3, -0.25) is 14.3 Å². The van der Waals surface area contributed by atoms with E-state index in [0.29, 0.717) is 23.5 Å². The molecule has 0 atom stereocenters. The summed E-state index contributed by atoms with van der Waals surface area (Å²) in [6.45, 7) is 4.26. The van der Waals surface area contributed by atoms with E-state index in [9.17, 15) is 9.59 Å². The first-order chi connectivity index (χ1) is 7.13. The van der Waals surface area contributed by atoms with Crippen molar-refractivity contribution in [1.82, 2.24) is 19.5 Å². The van der Waals surface area contributed by atoms with Crippen molar-refractivity contribution in [3.8, 4) is 0 Å². The number of fused-ring (bicyclic) bond motifs is 1. The average Bonchev–Trinajstić information content (AvgIpc) is 2.55. The van der Waals surface area contributed by atoms with Crippen LogP contribution >= 0.6 is 0 Å². The van der Waals surface area contributed by atoms with Crippen LogP contribution in [0.25, 0.3) is 11.2 Å². The Hall–Kier alpha value is -1.85. The van der Waals surface area contributed by atoms with Gasteiger partial charge in [-0.15, -0.1) is 0 Å². The van der Waals surface area contributed by atoms with Crippen LogP contribution in [0.3, 0.4) is 0 Å². The quantitative estimate of drug-likeness (QED) is 0.735. The zero-order chi connectivity index (χ0) is 11.0. The molecule has 0 amide bonds. The van der Waals surface area contributed by atoms with Crippen molar-refractivity contribution in [2.75, 3.05) is 0 Å². The Labute approximate surface area is 85.0 Å². The van der Waals surface area contributed by atoms with Crippen LogP contribution in [-0.2, 0) is 6.54 Å². The van der Waals surface area contributed by atoms with Gasteiger partial charge in [0.15, 0.2) is 5.65 Å². The maximum atomic E-state index is 11.5. The van der Waals surface area contributed by atoms with Gasteiger partial charge < -0.3 is 4.98 Å². The third-order valence-corrected chi connectivity index (χ3v) is 2.20. The predicted molar refractivity (Wildman–Crippen MR) is 56.0 cm³/mol. The molecule has 0 aliphatic rings. The summed E-state index contributed by atoms with van der Waals surface area (Å²) in [4.78, 5) is 32.2.